The van der Waals surface area contributed by atoms with Gasteiger partial charge in [0.1, 0.15) is 12.0 Å². The topological polar surface area (TPSA) is 78.1 Å². The summed E-state index contributed by atoms with van der Waals surface area (Å²) in [6, 6.07) is 0. The summed E-state index contributed by atoms with van der Waals surface area (Å²) in [5.41, 5.74) is 7.10. The Hall–Kier alpha value is -1.62. The number of nitrogens with two attached hydrogens (primary N) is 1. The summed E-state index contributed by atoms with van der Waals surface area (Å²) in [7, 11) is 0. The maximum Gasteiger partial charge on any atom is 0.284 e. The van der Waals surface area contributed by atoms with Gasteiger partial charge in [0, 0.05) is 6.42 Å². The van der Waals surface area contributed by atoms with Crippen LogP contribution in [0.1, 0.15) is 17.1 Å². The molecule has 0 bridgehead atoms. The fourth-order valence-corrected chi connectivity index (χ4v) is 1.33. The molecule has 0 atom stereocenters. The van der Waals surface area contributed by atoms with Gasteiger partial charge in [0.15, 0.2) is 0 Å². The van der Waals surface area contributed by atoms with Gasteiger partial charge in [-0.2, -0.15) is 0 Å². The second-order valence-electron chi connectivity index (χ2n) is 3.36. The molecule has 0 amide bonds. The predicted octanol–water partition coefficient (Wildman–Crippen LogP) is 1.45. The zero-order chi connectivity index (χ0) is 10.8. The quantitative estimate of drug-likeness (QED) is 0.824. The van der Waals surface area contributed by atoms with Gasteiger partial charge in [-0.05, 0) is 20.4 Å². The maximum absolute atomic E-state index is 5.51. The molecule has 0 saturated carbocycles. The van der Waals surface area contributed by atoms with E-state index in [1.807, 2.05) is 13.8 Å². The fraction of sp³-hybridized carbons (Fsp3) is 0.400. The van der Waals surface area contributed by atoms with Gasteiger partial charge in [0.25, 0.3) is 11.8 Å². The molecule has 0 spiro atoms. The molecule has 80 valence electrons. The van der Waals surface area contributed by atoms with E-state index in [2.05, 4.69) is 9.97 Å². The van der Waals surface area contributed by atoms with Crippen LogP contribution in [0.4, 0.5) is 0 Å². The lowest BCUT2D eigenvalue weighted by atomic mass is 10.3. The highest BCUT2D eigenvalue weighted by Crippen LogP contribution is 2.21. The third-order valence-corrected chi connectivity index (χ3v) is 2.07. The lowest BCUT2D eigenvalue weighted by molar-refractivity contribution is 0.481. The van der Waals surface area contributed by atoms with Crippen molar-refractivity contribution >= 4 is 0 Å². The second kappa shape index (κ2) is 3.86. The van der Waals surface area contributed by atoms with E-state index in [1.54, 1.807) is 6.26 Å². The van der Waals surface area contributed by atoms with Crippen molar-refractivity contribution < 1.29 is 8.83 Å². The summed E-state index contributed by atoms with van der Waals surface area (Å²) < 4.78 is 10.7. The van der Waals surface area contributed by atoms with Crippen LogP contribution in [0.15, 0.2) is 15.1 Å². The molecule has 0 fully saturated rings. The lowest BCUT2D eigenvalue weighted by Crippen LogP contribution is -2.02. The molecule has 5 nitrogen and oxygen atoms in total. The van der Waals surface area contributed by atoms with E-state index >= 15 is 0 Å². The molecule has 2 aromatic heterocycles. The van der Waals surface area contributed by atoms with Crippen molar-refractivity contribution in [1.29, 1.82) is 0 Å². The molecule has 0 aliphatic carbocycles. The number of hydrogen-bond acceptors (Lipinski definition) is 5. The van der Waals surface area contributed by atoms with Crippen LogP contribution < -0.4 is 5.73 Å². The Morgan fingerprint density at radius 1 is 1.27 bits per heavy atom. The van der Waals surface area contributed by atoms with Crippen LogP contribution in [-0.2, 0) is 6.42 Å². The zero-order valence-corrected chi connectivity index (χ0v) is 8.78. The number of aryl methyl sites for hydroxylation is 2. The standard InChI is InChI=1S/C10H13N3O2/c1-6-5-14-9(12-6)10-13-7(2)8(15-10)3-4-11/h5H,3-4,11H2,1-2H3. The molecule has 0 aliphatic rings. The van der Waals surface area contributed by atoms with Crippen LogP contribution in [0.5, 0.6) is 0 Å². The number of aromatic nitrogens is 2. The third kappa shape index (κ3) is 1.92. The van der Waals surface area contributed by atoms with Crippen LogP contribution in [0.2, 0.25) is 0 Å². The summed E-state index contributed by atoms with van der Waals surface area (Å²) >= 11 is 0. The maximum atomic E-state index is 5.51. The second-order valence-corrected chi connectivity index (χ2v) is 3.36. The Bertz CT molecular complexity index is 459. The SMILES string of the molecule is Cc1coc(-c2nc(C)c(CCN)o2)n1. The van der Waals surface area contributed by atoms with Crippen molar-refractivity contribution in [2.24, 2.45) is 5.73 Å². The van der Waals surface area contributed by atoms with E-state index in [-0.39, 0.29) is 0 Å². The van der Waals surface area contributed by atoms with Crippen molar-refractivity contribution in [1.82, 2.24) is 9.97 Å². The molecule has 5 heteroatoms. The van der Waals surface area contributed by atoms with E-state index in [1.165, 1.54) is 0 Å². The van der Waals surface area contributed by atoms with E-state index in [9.17, 15) is 0 Å². The minimum Gasteiger partial charge on any atom is -0.441 e. The molecule has 2 N–H and O–H groups in total. The Morgan fingerprint density at radius 2 is 2.07 bits per heavy atom. The normalized spacial score (nSPS) is 10.9. The molecular formula is C10H13N3O2. The van der Waals surface area contributed by atoms with E-state index in [0.717, 1.165) is 17.1 Å². The van der Waals surface area contributed by atoms with E-state index in [0.29, 0.717) is 24.7 Å². The molecular weight excluding hydrogens is 194 g/mol. The number of oxazole rings is 2. The monoisotopic (exact) mass is 207 g/mol. The molecule has 0 saturated heterocycles. The Balaban J connectivity index is 2.33. The Morgan fingerprint density at radius 3 is 2.67 bits per heavy atom. The van der Waals surface area contributed by atoms with Gasteiger partial charge in [-0.1, -0.05) is 0 Å². The van der Waals surface area contributed by atoms with Gasteiger partial charge in [-0.3, -0.25) is 0 Å². The van der Waals surface area contributed by atoms with Gasteiger partial charge in [-0.15, -0.1) is 0 Å². The number of hydrogen-bond donors (Lipinski definition) is 1. The van der Waals surface area contributed by atoms with Crippen LogP contribution in [0, 0.1) is 13.8 Å². The first-order valence-corrected chi connectivity index (χ1v) is 4.79. The Labute approximate surface area is 87.3 Å². The summed E-state index contributed by atoms with van der Waals surface area (Å²) in [6.45, 7) is 4.28. The average molecular weight is 207 g/mol. The fourth-order valence-electron chi connectivity index (χ4n) is 1.33. The van der Waals surface area contributed by atoms with Crippen LogP contribution in [0.25, 0.3) is 11.8 Å². The molecule has 2 heterocycles. The average Bonchev–Trinajstić information content (AvgIpc) is 2.75. The van der Waals surface area contributed by atoms with Gasteiger partial charge in [-0.25, -0.2) is 9.97 Å². The first-order valence-electron chi connectivity index (χ1n) is 4.79. The highest BCUT2D eigenvalue weighted by Gasteiger charge is 2.14. The largest absolute Gasteiger partial charge is 0.441 e. The summed E-state index contributed by atoms with van der Waals surface area (Å²) in [4.78, 5) is 8.38. The van der Waals surface area contributed by atoms with Crippen LogP contribution >= 0.6 is 0 Å². The molecule has 0 radical (unpaired) electrons. The molecule has 2 aromatic rings. The molecule has 15 heavy (non-hydrogen) atoms. The molecule has 0 unspecified atom stereocenters. The number of rotatable bonds is 3. The first-order chi connectivity index (χ1) is 7.20. The number of nitrogens with zero attached hydrogens (tertiary/aromatic N) is 2. The Kier molecular flexibility index (Phi) is 2.55. The summed E-state index contributed by atoms with van der Waals surface area (Å²) in [5, 5.41) is 0. The van der Waals surface area contributed by atoms with Gasteiger partial charge < -0.3 is 14.6 Å². The molecule has 2 rings (SSSR count). The molecule has 0 aliphatic heterocycles. The van der Waals surface area contributed by atoms with E-state index < -0.39 is 0 Å². The lowest BCUT2D eigenvalue weighted by Gasteiger charge is -1.90. The highest BCUT2D eigenvalue weighted by atomic mass is 16.4. The van der Waals surface area contributed by atoms with Crippen LogP contribution in [-0.4, -0.2) is 16.5 Å². The van der Waals surface area contributed by atoms with E-state index in [4.69, 9.17) is 14.6 Å². The minimum atomic E-state index is 0.416. The van der Waals surface area contributed by atoms with Gasteiger partial charge in [0.2, 0.25) is 0 Å². The smallest absolute Gasteiger partial charge is 0.284 e. The molecule has 0 aromatic carbocycles. The van der Waals surface area contributed by atoms with Crippen molar-refractivity contribution in [3.8, 4) is 11.8 Å². The van der Waals surface area contributed by atoms with Crippen molar-refractivity contribution in [3.63, 3.8) is 0 Å². The third-order valence-electron chi connectivity index (χ3n) is 2.07. The van der Waals surface area contributed by atoms with Crippen molar-refractivity contribution in [3.05, 3.63) is 23.4 Å². The van der Waals surface area contributed by atoms with Gasteiger partial charge >= 0.3 is 0 Å². The zero-order valence-electron chi connectivity index (χ0n) is 8.78. The van der Waals surface area contributed by atoms with Crippen LogP contribution in [0.3, 0.4) is 0 Å². The minimum absolute atomic E-state index is 0.416. The highest BCUT2D eigenvalue weighted by molar-refractivity contribution is 5.39. The van der Waals surface area contributed by atoms with Crippen molar-refractivity contribution in [2.75, 3.05) is 6.54 Å². The summed E-state index contributed by atoms with van der Waals surface area (Å²) in [5.74, 6) is 1.63. The first kappa shape index (κ1) is 9.92. The predicted molar refractivity (Wildman–Crippen MR) is 54.2 cm³/mol. The van der Waals surface area contributed by atoms with Crippen molar-refractivity contribution in [2.45, 2.75) is 20.3 Å². The summed E-state index contributed by atoms with van der Waals surface area (Å²) in [6.07, 6.45) is 2.25. The van der Waals surface area contributed by atoms with Gasteiger partial charge in [0.05, 0.1) is 11.4 Å².